The van der Waals surface area contributed by atoms with Gasteiger partial charge in [-0.2, -0.15) is 0 Å². The zero-order valence-electron chi connectivity index (χ0n) is 20.5. The average molecular weight is 591 g/mol. The predicted octanol–water partition coefficient (Wildman–Crippen LogP) is 5.69. The van der Waals surface area contributed by atoms with E-state index in [1.54, 1.807) is 18.3 Å². The summed E-state index contributed by atoms with van der Waals surface area (Å²) in [6.45, 7) is 0. The molecule has 0 atom stereocenters. The first kappa shape index (κ1) is 29.5. The van der Waals surface area contributed by atoms with Crippen LogP contribution in [0.25, 0.3) is 22.8 Å². The molecule has 0 saturated heterocycles. The first-order chi connectivity index (χ1) is 17.9. The SMILES string of the molecule is O=C(Cc1cnc(-c2ccc(Cl)cc2)[nH]1)NC1CCCC1.O=C(O)Cc1cnc(-c2ccc(Cl)cc2)[nH]1.[V]. The summed E-state index contributed by atoms with van der Waals surface area (Å²) < 4.78 is 0. The Hall–Kier alpha value is -3.04. The molecule has 4 aromatic rings. The van der Waals surface area contributed by atoms with E-state index in [9.17, 15) is 9.59 Å². The van der Waals surface area contributed by atoms with E-state index in [2.05, 4.69) is 25.3 Å². The Bertz CT molecular complexity index is 1330. The van der Waals surface area contributed by atoms with E-state index in [-0.39, 0.29) is 30.9 Å². The number of benzene rings is 2. The van der Waals surface area contributed by atoms with Gasteiger partial charge in [0.05, 0.1) is 12.8 Å². The number of nitrogens with one attached hydrogen (secondary N) is 3. The molecular weight excluding hydrogens is 564 g/mol. The molecule has 197 valence electrons. The molecule has 0 spiro atoms. The van der Waals surface area contributed by atoms with E-state index in [1.807, 2.05) is 36.4 Å². The maximum Gasteiger partial charge on any atom is 0.309 e. The number of amides is 1. The smallest absolute Gasteiger partial charge is 0.309 e. The van der Waals surface area contributed by atoms with E-state index < -0.39 is 5.97 Å². The summed E-state index contributed by atoms with van der Waals surface area (Å²) in [5.41, 5.74) is 3.25. The van der Waals surface area contributed by atoms with Gasteiger partial charge in [0.15, 0.2) is 0 Å². The number of aromatic nitrogens is 4. The van der Waals surface area contributed by atoms with Crippen molar-refractivity contribution >= 4 is 35.1 Å². The van der Waals surface area contributed by atoms with Crippen molar-refractivity contribution in [1.29, 1.82) is 0 Å². The predicted molar refractivity (Wildman–Crippen MR) is 144 cm³/mol. The second kappa shape index (κ2) is 14.2. The van der Waals surface area contributed by atoms with Gasteiger partial charge in [0, 0.05) is 69.6 Å². The molecule has 2 heterocycles. The molecular formula is C27H27Cl2N5O3V. The number of carboxylic acid groups (broad SMARTS) is 1. The number of rotatable bonds is 7. The molecule has 1 radical (unpaired) electrons. The third-order valence-electron chi connectivity index (χ3n) is 5.91. The van der Waals surface area contributed by atoms with Crippen LogP contribution in [0, 0.1) is 0 Å². The standard InChI is InChI=1S/C16H18ClN3O.C11H9ClN2O2.V/c17-12-7-5-11(6-8-12)16-18-10-14(20-16)9-15(21)19-13-3-1-2-4-13;12-8-3-1-7(2-4-8)11-13-6-9(14-11)5-10(15)16;/h5-8,10,13H,1-4,9H2,(H,18,20)(H,19,21);1-4,6H,5H2,(H,13,14)(H,15,16);. The van der Waals surface area contributed by atoms with E-state index in [0.29, 0.717) is 34.0 Å². The van der Waals surface area contributed by atoms with Crippen molar-refractivity contribution in [2.45, 2.75) is 44.6 Å². The average Bonchev–Trinajstić information content (AvgIpc) is 3.63. The van der Waals surface area contributed by atoms with Gasteiger partial charge in [-0.25, -0.2) is 9.97 Å². The normalized spacial score (nSPS) is 12.8. The number of aromatic amines is 2. The Morgan fingerprint density at radius 1 is 0.816 bits per heavy atom. The fraction of sp³-hybridized carbons (Fsp3) is 0.259. The topological polar surface area (TPSA) is 124 Å². The molecule has 1 aliphatic rings. The summed E-state index contributed by atoms with van der Waals surface area (Å²) in [6, 6.07) is 15.0. The van der Waals surface area contributed by atoms with Crippen molar-refractivity contribution < 1.29 is 33.3 Å². The first-order valence-electron chi connectivity index (χ1n) is 12.0. The van der Waals surface area contributed by atoms with Gasteiger partial charge >= 0.3 is 5.97 Å². The van der Waals surface area contributed by atoms with E-state index in [4.69, 9.17) is 28.3 Å². The summed E-state index contributed by atoms with van der Waals surface area (Å²) >= 11 is 11.6. The molecule has 1 fully saturated rings. The quantitative estimate of drug-likeness (QED) is 0.220. The third-order valence-corrected chi connectivity index (χ3v) is 6.41. The molecule has 8 nitrogen and oxygen atoms in total. The maximum absolute atomic E-state index is 12.0. The third kappa shape index (κ3) is 8.77. The number of hydrogen-bond acceptors (Lipinski definition) is 4. The van der Waals surface area contributed by atoms with Gasteiger partial charge in [-0.15, -0.1) is 0 Å². The zero-order chi connectivity index (χ0) is 26.2. The molecule has 0 aliphatic heterocycles. The van der Waals surface area contributed by atoms with Crippen molar-refractivity contribution in [3.63, 3.8) is 0 Å². The number of carbonyl (C=O) groups excluding carboxylic acids is 1. The Kier molecular flexibility index (Phi) is 11.0. The molecule has 4 N–H and O–H groups in total. The van der Waals surface area contributed by atoms with Crippen molar-refractivity contribution in [2.24, 2.45) is 0 Å². The van der Waals surface area contributed by atoms with Gasteiger partial charge in [0.1, 0.15) is 11.6 Å². The number of imidazole rings is 2. The maximum atomic E-state index is 12.0. The Balaban J connectivity index is 0.000000213. The number of aliphatic carboxylic acids is 1. The van der Waals surface area contributed by atoms with E-state index in [1.165, 1.54) is 19.0 Å². The number of hydrogen-bond donors (Lipinski definition) is 4. The van der Waals surface area contributed by atoms with Crippen LogP contribution in [-0.4, -0.2) is 43.0 Å². The van der Waals surface area contributed by atoms with Crippen LogP contribution in [0.1, 0.15) is 37.1 Å². The van der Waals surface area contributed by atoms with E-state index in [0.717, 1.165) is 35.5 Å². The summed E-state index contributed by atoms with van der Waals surface area (Å²) in [7, 11) is 0. The van der Waals surface area contributed by atoms with Crippen LogP contribution in [0.15, 0.2) is 60.9 Å². The minimum absolute atomic E-state index is 0. The molecule has 0 bridgehead atoms. The zero-order valence-corrected chi connectivity index (χ0v) is 23.4. The Morgan fingerprint density at radius 2 is 1.26 bits per heavy atom. The monoisotopic (exact) mass is 590 g/mol. The minimum Gasteiger partial charge on any atom is -0.481 e. The number of halogens is 2. The molecule has 38 heavy (non-hydrogen) atoms. The van der Waals surface area contributed by atoms with Crippen molar-refractivity contribution in [3.8, 4) is 22.8 Å². The fourth-order valence-corrected chi connectivity index (χ4v) is 4.34. The number of carboxylic acids is 1. The molecule has 1 aliphatic carbocycles. The largest absolute Gasteiger partial charge is 0.481 e. The first-order valence-corrected chi connectivity index (χ1v) is 12.7. The molecule has 2 aromatic heterocycles. The van der Waals surface area contributed by atoms with Gasteiger partial charge in [-0.3, -0.25) is 9.59 Å². The van der Waals surface area contributed by atoms with Crippen LogP contribution in [0.3, 0.4) is 0 Å². The van der Waals surface area contributed by atoms with Gasteiger partial charge in [-0.1, -0.05) is 36.0 Å². The number of H-pyrrole nitrogens is 2. The van der Waals surface area contributed by atoms with Gasteiger partial charge < -0.3 is 20.4 Å². The molecule has 11 heteroatoms. The van der Waals surface area contributed by atoms with Gasteiger partial charge in [0.2, 0.25) is 5.91 Å². The van der Waals surface area contributed by atoms with Gasteiger partial charge in [0.25, 0.3) is 0 Å². The minimum atomic E-state index is -0.883. The van der Waals surface area contributed by atoms with Crippen molar-refractivity contribution in [2.75, 3.05) is 0 Å². The van der Waals surface area contributed by atoms with Crippen LogP contribution in [-0.2, 0) is 41.0 Å². The Labute approximate surface area is 242 Å². The van der Waals surface area contributed by atoms with E-state index >= 15 is 0 Å². The molecule has 0 unspecified atom stereocenters. The van der Waals surface area contributed by atoms with Crippen LogP contribution in [0.5, 0.6) is 0 Å². The van der Waals surface area contributed by atoms with Crippen LogP contribution in [0.2, 0.25) is 10.0 Å². The van der Waals surface area contributed by atoms with Crippen LogP contribution < -0.4 is 5.32 Å². The second-order valence-corrected chi connectivity index (χ2v) is 9.70. The van der Waals surface area contributed by atoms with Crippen molar-refractivity contribution in [3.05, 3.63) is 82.4 Å². The summed E-state index contributed by atoms with van der Waals surface area (Å²) in [5.74, 6) is 0.586. The summed E-state index contributed by atoms with van der Waals surface area (Å²) in [6.07, 6.45) is 8.18. The number of nitrogens with zero attached hydrogens (tertiary/aromatic N) is 2. The Morgan fingerprint density at radius 3 is 1.71 bits per heavy atom. The summed E-state index contributed by atoms with van der Waals surface area (Å²) in [4.78, 5) is 37.0. The number of carbonyl (C=O) groups is 2. The van der Waals surface area contributed by atoms with Crippen molar-refractivity contribution in [1.82, 2.24) is 25.3 Å². The van der Waals surface area contributed by atoms with Crippen LogP contribution >= 0.6 is 23.2 Å². The second-order valence-electron chi connectivity index (χ2n) is 8.82. The summed E-state index contributed by atoms with van der Waals surface area (Å²) in [5, 5.41) is 13.0. The molecule has 1 amide bonds. The fourth-order valence-electron chi connectivity index (χ4n) is 4.09. The molecule has 2 aromatic carbocycles. The molecule has 5 rings (SSSR count). The van der Waals surface area contributed by atoms with Crippen LogP contribution in [0.4, 0.5) is 0 Å². The van der Waals surface area contributed by atoms with Gasteiger partial charge in [-0.05, 0) is 61.4 Å². The molecule has 1 saturated carbocycles.